The van der Waals surface area contributed by atoms with Gasteiger partial charge in [0.1, 0.15) is 5.69 Å². The normalized spacial score (nSPS) is 15.1. The third kappa shape index (κ3) is 1.30. The summed E-state index contributed by atoms with van der Waals surface area (Å²) >= 11 is 0. The number of rotatable bonds is 1. The number of hydrogen-bond acceptors (Lipinski definition) is 3. The number of amides is 1. The minimum absolute atomic E-state index is 0.0536. The van der Waals surface area contributed by atoms with Crippen LogP contribution in [-0.4, -0.2) is 33.8 Å². The van der Waals surface area contributed by atoms with Gasteiger partial charge in [-0.25, -0.2) is 0 Å². The highest BCUT2D eigenvalue weighted by atomic mass is 16.2. The molecule has 0 saturated carbocycles. The monoisotopic (exact) mass is 193 g/mol. The van der Waals surface area contributed by atoms with Gasteiger partial charge in [-0.05, 0) is 6.42 Å². The van der Waals surface area contributed by atoms with Crippen molar-refractivity contribution in [3.05, 3.63) is 17.0 Å². The van der Waals surface area contributed by atoms with Gasteiger partial charge in [0.2, 0.25) is 5.91 Å². The molecule has 0 aliphatic carbocycles. The van der Waals surface area contributed by atoms with E-state index >= 15 is 0 Å². The van der Waals surface area contributed by atoms with Crippen LogP contribution in [0, 0.1) is 0 Å². The van der Waals surface area contributed by atoms with Gasteiger partial charge in [0.15, 0.2) is 6.29 Å². The van der Waals surface area contributed by atoms with Crippen molar-refractivity contribution in [2.45, 2.75) is 19.9 Å². The summed E-state index contributed by atoms with van der Waals surface area (Å²) in [4.78, 5) is 23.4. The summed E-state index contributed by atoms with van der Waals surface area (Å²) < 4.78 is 0. The molecule has 2 heterocycles. The summed E-state index contributed by atoms with van der Waals surface area (Å²) in [6, 6.07) is 0. The summed E-state index contributed by atoms with van der Waals surface area (Å²) in [5.74, 6) is 0.0536. The molecular formula is C9H11N3O2. The lowest BCUT2D eigenvalue weighted by Crippen LogP contribution is -2.34. The van der Waals surface area contributed by atoms with E-state index in [-0.39, 0.29) is 5.91 Å². The van der Waals surface area contributed by atoms with Crippen LogP contribution in [0.4, 0.5) is 0 Å². The van der Waals surface area contributed by atoms with Crippen molar-refractivity contribution in [2.24, 2.45) is 0 Å². The van der Waals surface area contributed by atoms with Gasteiger partial charge in [-0.1, -0.05) is 0 Å². The molecule has 0 bridgehead atoms. The number of hydrogen-bond donors (Lipinski definition) is 1. The average molecular weight is 193 g/mol. The van der Waals surface area contributed by atoms with Crippen LogP contribution in [0.25, 0.3) is 0 Å². The fourth-order valence-corrected chi connectivity index (χ4v) is 1.71. The Balaban J connectivity index is 2.28. The highest BCUT2D eigenvalue weighted by Crippen LogP contribution is 2.18. The molecule has 0 unspecified atom stereocenters. The van der Waals surface area contributed by atoms with Crippen molar-refractivity contribution < 1.29 is 9.59 Å². The molecule has 1 aliphatic rings. The molecule has 0 spiro atoms. The van der Waals surface area contributed by atoms with Crippen LogP contribution in [0.2, 0.25) is 0 Å². The summed E-state index contributed by atoms with van der Waals surface area (Å²) in [6.07, 6.45) is 1.46. The zero-order valence-corrected chi connectivity index (χ0v) is 7.91. The molecule has 5 nitrogen and oxygen atoms in total. The van der Waals surface area contributed by atoms with Crippen LogP contribution in [0.15, 0.2) is 0 Å². The van der Waals surface area contributed by atoms with Crippen LogP contribution in [0.1, 0.15) is 28.7 Å². The number of nitrogens with one attached hydrogen (secondary N) is 1. The molecule has 1 amide bonds. The number of carbonyl (C=O) groups is 2. The maximum Gasteiger partial charge on any atom is 0.219 e. The number of aromatic nitrogens is 2. The first-order valence-electron chi connectivity index (χ1n) is 4.49. The number of carbonyl (C=O) groups excluding carboxylic acids is 2. The Kier molecular flexibility index (Phi) is 2.07. The standard InChI is InChI=1S/C9H11N3O2/c1-6(14)12-3-2-7-8(4-12)10-11-9(7)5-13/h5H,2-4H2,1H3,(H,10,11). The van der Waals surface area contributed by atoms with E-state index in [1.165, 1.54) is 0 Å². The Labute approximate surface area is 81.1 Å². The minimum Gasteiger partial charge on any atom is -0.337 e. The Morgan fingerprint density at radius 1 is 1.64 bits per heavy atom. The first kappa shape index (κ1) is 8.93. The van der Waals surface area contributed by atoms with Crippen molar-refractivity contribution in [2.75, 3.05) is 6.54 Å². The molecule has 1 aliphatic heterocycles. The number of aromatic amines is 1. The Morgan fingerprint density at radius 3 is 3.07 bits per heavy atom. The largest absolute Gasteiger partial charge is 0.337 e. The van der Waals surface area contributed by atoms with Gasteiger partial charge in [-0.3, -0.25) is 14.7 Å². The highest BCUT2D eigenvalue weighted by Gasteiger charge is 2.22. The van der Waals surface area contributed by atoms with Gasteiger partial charge >= 0.3 is 0 Å². The molecule has 0 radical (unpaired) electrons. The predicted molar refractivity (Wildman–Crippen MR) is 48.8 cm³/mol. The smallest absolute Gasteiger partial charge is 0.219 e. The maximum atomic E-state index is 11.1. The van der Waals surface area contributed by atoms with E-state index in [0.29, 0.717) is 25.2 Å². The van der Waals surface area contributed by atoms with E-state index in [4.69, 9.17) is 0 Å². The van der Waals surface area contributed by atoms with Crippen LogP contribution < -0.4 is 0 Å². The fraction of sp³-hybridized carbons (Fsp3) is 0.444. The molecule has 1 aromatic rings. The third-order valence-electron chi connectivity index (χ3n) is 2.52. The van der Waals surface area contributed by atoms with Crippen LogP contribution in [0.3, 0.4) is 0 Å². The van der Waals surface area contributed by atoms with Crippen LogP contribution >= 0.6 is 0 Å². The molecule has 0 fully saturated rings. The maximum absolute atomic E-state index is 11.1. The van der Waals surface area contributed by atoms with Crippen LogP contribution in [-0.2, 0) is 17.8 Å². The summed E-state index contributed by atoms with van der Waals surface area (Å²) in [6.45, 7) is 2.75. The van der Waals surface area contributed by atoms with Crippen LogP contribution in [0.5, 0.6) is 0 Å². The summed E-state index contributed by atoms with van der Waals surface area (Å²) in [5.41, 5.74) is 2.31. The van der Waals surface area contributed by atoms with Gasteiger partial charge < -0.3 is 4.90 Å². The SMILES string of the molecule is CC(=O)N1CCc2c(C=O)n[nH]c2C1. The van der Waals surface area contributed by atoms with Crippen molar-refractivity contribution >= 4 is 12.2 Å². The van der Waals surface area contributed by atoms with Gasteiger partial charge in [0.05, 0.1) is 12.2 Å². The zero-order valence-electron chi connectivity index (χ0n) is 7.91. The molecule has 0 atom stereocenters. The molecule has 74 valence electrons. The Morgan fingerprint density at radius 2 is 2.43 bits per heavy atom. The molecule has 1 N–H and O–H groups in total. The third-order valence-corrected chi connectivity index (χ3v) is 2.52. The number of fused-ring (bicyclic) bond motifs is 1. The lowest BCUT2D eigenvalue weighted by atomic mass is 10.1. The van der Waals surface area contributed by atoms with E-state index in [1.54, 1.807) is 11.8 Å². The zero-order chi connectivity index (χ0) is 10.1. The van der Waals surface area contributed by atoms with Gasteiger partial charge in [-0.2, -0.15) is 5.10 Å². The molecule has 5 heteroatoms. The van der Waals surface area contributed by atoms with E-state index in [2.05, 4.69) is 10.2 Å². The molecule has 2 rings (SSSR count). The number of aldehydes is 1. The summed E-state index contributed by atoms with van der Waals surface area (Å²) in [7, 11) is 0. The Hall–Kier alpha value is -1.65. The molecule has 1 aromatic heterocycles. The number of nitrogens with zero attached hydrogens (tertiary/aromatic N) is 2. The topological polar surface area (TPSA) is 66.1 Å². The first-order chi connectivity index (χ1) is 6.72. The fourth-order valence-electron chi connectivity index (χ4n) is 1.71. The highest BCUT2D eigenvalue weighted by molar-refractivity contribution is 5.76. The lowest BCUT2D eigenvalue weighted by Gasteiger charge is -2.25. The van der Waals surface area contributed by atoms with Gasteiger partial charge in [0, 0.05) is 19.0 Å². The van der Waals surface area contributed by atoms with Crippen molar-refractivity contribution in [1.29, 1.82) is 0 Å². The Bertz CT molecular complexity index is 383. The second-order valence-electron chi connectivity index (χ2n) is 3.37. The molecule has 0 aromatic carbocycles. The average Bonchev–Trinajstić information content (AvgIpc) is 2.59. The second-order valence-corrected chi connectivity index (χ2v) is 3.37. The first-order valence-corrected chi connectivity index (χ1v) is 4.49. The van der Waals surface area contributed by atoms with E-state index in [9.17, 15) is 9.59 Å². The van der Waals surface area contributed by atoms with E-state index in [1.807, 2.05) is 0 Å². The predicted octanol–water partition coefficient (Wildman–Crippen LogP) is 0.127. The second kappa shape index (κ2) is 3.25. The minimum atomic E-state index is 0.0536. The molecule has 14 heavy (non-hydrogen) atoms. The van der Waals surface area contributed by atoms with Gasteiger partial charge in [-0.15, -0.1) is 0 Å². The van der Waals surface area contributed by atoms with E-state index in [0.717, 1.165) is 17.5 Å². The van der Waals surface area contributed by atoms with Crippen molar-refractivity contribution in [3.8, 4) is 0 Å². The van der Waals surface area contributed by atoms with Crippen molar-refractivity contribution in [3.63, 3.8) is 0 Å². The lowest BCUT2D eigenvalue weighted by molar-refractivity contribution is -0.129. The van der Waals surface area contributed by atoms with Crippen molar-refractivity contribution in [1.82, 2.24) is 15.1 Å². The summed E-state index contributed by atoms with van der Waals surface area (Å²) in [5, 5.41) is 6.67. The molecule has 0 saturated heterocycles. The molecular weight excluding hydrogens is 182 g/mol. The van der Waals surface area contributed by atoms with E-state index < -0.39 is 0 Å². The quantitative estimate of drug-likeness (QED) is 0.644. The van der Waals surface area contributed by atoms with Gasteiger partial charge in [0.25, 0.3) is 0 Å². The number of H-pyrrole nitrogens is 1.